The van der Waals surface area contributed by atoms with Crippen molar-refractivity contribution < 1.29 is 9.59 Å². The number of aromatic nitrogens is 3. The Morgan fingerprint density at radius 1 is 1.26 bits per heavy atom. The number of nitrogens with one attached hydrogen (secondary N) is 1. The second-order valence-corrected chi connectivity index (χ2v) is 7.50. The maximum Gasteiger partial charge on any atom is 0.231 e. The zero-order valence-corrected chi connectivity index (χ0v) is 15.6. The van der Waals surface area contributed by atoms with Crippen molar-refractivity contribution in [3.05, 3.63) is 47.5 Å². The van der Waals surface area contributed by atoms with Gasteiger partial charge in [-0.05, 0) is 25.0 Å². The van der Waals surface area contributed by atoms with Gasteiger partial charge in [0, 0.05) is 44.0 Å². The fraction of sp³-hybridized carbons (Fsp3) is 0.500. The molecule has 0 aromatic carbocycles. The van der Waals surface area contributed by atoms with E-state index in [0.29, 0.717) is 19.6 Å². The van der Waals surface area contributed by atoms with Crippen LogP contribution >= 0.6 is 0 Å². The van der Waals surface area contributed by atoms with Crippen LogP contribution in [0.4, 0.5) is 0 Å². The third kappa shape index (κ3) is 3.72. The monoisotopic (exact) mass is 367 g/mol. The third-order valence-corrected chi connectivity index (χ3v) is 5.53. The first kappa shape index (κ1) is 17.7. The molecule has 1 saturated carbocycles. The lowest BCUT2D eigenvalue weighted by atomic mass is 9.94. The molecule has 2 aromatic heterocycles. The average Bonchev–Trinajstić information content (AvgIpc) is 3.34. The molecule has 1 aliphatic carbocycles. The van der Waals surface area contributed by atoms with E-state index in [1.165, 1.54) is 0 Å². The molecule has 2 aliphatic rings. The molecule has 7 nitrogen and oxygen atoms in total. The number of rotatable bonds is 4. The van der Waals surface area contributed by atoms with E-state index >= 15 is 0 Å². The van der Waals surface area contributed by atoms with Gasteiger partial charge in [0.25, 0.3) is 0 Å². The van der Waals surface area contributed by atoms with E-state index in [2.05, 4.69) is 15.4 Å². The molecule has 7 heteroatoms. The average molecular weight is 367 g/mol. The molecule has 142 valence electrons. The number of fused-ring (bicyclic) bond motifs is 1. The molecule has 0 unspecified atom stereocenters. The highest BCUT2D eigenvalue weighted by atomic mass is 16.2. The Balaban J connectivity index is 1.51. The van der Waals surface area contributed by atoms with Crippen LogP contribution in [-0.4, -0.2) is 38.0 Å². The molecule has 2 amide bonds. The van der Waals surface area contributed by atoms with E-state index in [0.717, 1.165) is 42.6 Å². The molecule has 0 bridgehead atoms. The minimum atomic E-state index is -0.441. The van der Waals surface area contributed by atoms with Crippen molar-refractivity contribution >= 4 is 11.8 Å². The lowest BCUT2D eigenvalue weighted by molar-refractivity contribution is -0.137. The number of pyridine rings is 1. The van der Waals surface area contributed by atoms with E-state index < -0.39 is 5.92 Å². The molecular weight excluding hydrogens is 342 g/mol. The van der Waals surface area contributed by atoms with Gasteiger partial charge in [0.2, 0.25) is 11.8 Å². The number of hydrogen-bond acceptors (Lipinski definition) is 4. The molecule has 1 aliphatic heterocycles. The zero-order valence-electron chi connectivity index (χ0n) is 15.6. The number of hydrogen-bond donors (Lipinski definition) is 1. The first-order valence-corrected chi connectivity index (χ1v) is 9.60. The maximum atomic E-state index is 12.9. The van der Waals surface area contributed by atoms with E-state index in [4.69, 9.17) is 0 Å². The third-order valence-electron chi connectivity index (χ3n) is 5.53. The number of carbonyl (C=O) groups is 2. The van der Waals surface area contributed by atoms with Crippen LogP contribution in [0.2, 0.25) is 0 Å². The Bertz CT molecular complexity index is 826. The van der Waals surface area contributed by atoms with Gasteiger partial charge < -0.3 is 10.2 Å². The molecule has 0 spiro atoms. The summed E-state index contributed by atoms with van der Waals surface area (Å²) in [5.74, 6) is -0.251. The Hall–Kier alpha value is -2.70. The maximum absolute atomic E-state index is 12.9. The molecule has 1 atom stereocenters. The van der Waals surface area contributed by atoms with Crippen LogP contribution in [0, 0.1) is 5.92 Å². The van der Waals surface area contributed by atoms with Gasteiger partial charge in [0.15, 0.2) is 0 Å². The summed E-state index contributed by atoms with van der Waals surface area (Å²) in [7, 11) is 1.85. The molecule has 1 fully saturated rings. The van der Waals surface area contributed by atoms with Gasteiger partial charge in [-0.15, -0.1) is 0 Å². The van der Waals surface area contributed by atoms with Crippen molar-refractivity contribution in [1.82, 2.24) is 25.0 Å². The second-order valence-electron chi connectivity index (χ2n) is 7.50. The summed E-state index contributed by atoms with van der Waals surface area (Å²) in [6.45, 7) is 1.31. The van der Waals surface area contributed by atoms with Gasteiger partial charge in [-0.25, -0.2) is 0 Å². The molecular formula is C20H25N5O2. The lowest BCUT2D eigenvalue weighted by Gasteiger charge is -2.33. The fourth-order valence-corrected chi connectivity index (χ4v) is 4.16. The zero-order chi connectivity index (χ0) is 18.8. The predicted molar refractivity (Wildman–Crippen MR) is 99.4 cm³/mol. The van der Waals surface area contributed by atoms with Crippen LogP contribution in [0.3, 0.4) is 0 Å². The van der Waals surface area contributed by atoms with E-state index in [-0.39, 0.29) is 17.7 Å². The van der Waals surface area contributed by atoms with Crippen LogP contribution in [0.1, 0.15) is 48.6 Å². The first-order valence-electron chi connectivity index (χ1n) is 9.60. The van der Waals surface area contributed by atoms with E-state index in [1.54, 1.807) is 10.9 Å². The SMILES string of the molecule is Cn1cc2c(n1)[C@@H](C(=O)NCc1ccccn1)CN(C(=O)C1CCCC1)C2. The number of aryl methyl sites for hydroxylation is 1. The van der Waals surface area contributed by atoms with Gasteiger partial charge in [-0.1, -0.05) is 18.9 Å². The highest BCUT2D eigenvalue weighted by Gasteiger charge is 2.37. The molecule has 1 N–H and O–H groups in total. The Morgan fingerprint density at radius 2 is 2.07 bits per heavy atom. The highest BCUT2D eigenvalue weighted by molar-refractivity contribution is 5.86. The molecule has 0 saturated heterocycles. The minimum absolute atomic E-state index is 0.107. The summed E-state index contributed by atoms with van der Waals surface area (Å²) < 4.78 is 1.73. The van der Waals surface area contributed by atoms with Crippen molar-refractivity contribution in [3.8, 4) is 0 Å². The Morgan fingerprint density at radius 3 is 2.81 bits per heavy atom. The van der Waals surface area contributed by atoms with Crippen LogP contribution in [0.15, 0.2) is 30.6 Å². The van der Waals surface area contributed by atoms with Crippen LogP contribution < -0.4 is 5.32 Å². The highest BCUT2D eigenvalue weighted by Crippen LogP contribution is 2.32. The van der Waals surface area contributed by atoms with Gasteiger partial charge in [0.1, 0.15) is 0 Å². The number of carbonyl (C=O) groups excluding carboxylic acids is 2. The van der Waals surface area contributed by atoms with Crippen molar-refractivity contribution in [1.29, 1.82) is 0 Å². The van der Waals surface area contributed by atoms with E-state index in [9.17, 15) is 9.59 Å². The summed E-state index contributed by atoms with van der Waals surface area (Å²) >= 11 is 0. The normalized spacial score (nSPS) is 19.7. The molecule has 4 rings (SSSR count). The standard InChI is InChI=1S/C20H25N5O2/c1-24-11-15-12-25(20(27)14-6-2-3-7-14)13-17(18(15)23-24)19(26)22-10-16-8-4-5-9-21-16/h4-5,8-9,11,14,17H,2-3,6-7,10,12-13H2,1H3,(H,22,26)/t17-/m0/s1. The second kappa shape index (κ2) is 7.50. The van der Waals surface area contributed by atoms with Crippen LogP contribution in [0.25, 0.3) is 0 Å². The minimum Gasteiger partial charge on any atom is -0.350 e. The van der Waals surface area contributed by atoms with Crippen molar-refractivity contribution in [2.75, 3.05) is 6.54 Å². The van der Waals surface area contributed by atoms with Crippen molar-refractivity contribution in [2.24, 2.45) is 13.0 Å². The summed E-state index contributed by atoms with van der Waals surface area (Å²) in [5.41, 5.74) is 2.56. The van der Waals surface area contributed by atoms with Gasteiger partial charge in [0.05, 0.1) is 23.9 Å². The van der Waals surface area contributed by atoms with Crippen LogP contribution in [0.5, 0.6) is 0 Å². The Kier molecular flexibility index (Phi) is 4.92. The molecule has 2 aromatic rings. The number of nitrogens with zero attached hydrogens (tertiary/aromatic N) is 4. The fourth-order valence-electron chi connectivity index (χ4n) is 4.16. The summed E-state index contributed by atoms with van der Waals surface area (Å²) in [6, 6.07) is 5.62. The predicted octanol–water partition coefficient (Wildman–Crippen LogP) is 1.75. The van der Waals surface area contributed by atoms with Crippen molar-refractivity contribution in [2.45, 2.75) is 44.7 Å². The van der Waals surface area contributed by atoms with Gasteiger partial charge in [-0.2, -0.15) is 5.10 Å². The lowest BCUT2D eigenvalue weighted by Crippen LogP contribution is -2.45. The van der Waals surface area contributed by atoms with Gasteiger partial charge in [-0.3, -0.25) is 19.3 Å². The molecule has 0 radical (unpaired) electrons. The first-order chi connectivity index (χ1) is 13.1. The summed E-state index contributed by atoms with van der Waals surface area (Å²) in [4.78, 5) is 31.9. The smallest absolute Gasteiger partial charge is 0.231 e. The molecule has 27 heavy (non-hydrogen) atoms. The largest absolute Gasteiger partial charge is 0.350 e. The summed E-state index contributed by atoms with van der Waals surface area (Å²) in [5, 5.41) is 7.46. The quantitative estimate of drug-likeness (QED) is 0.893. The Labute approximate surface area is 158 Å². The summed E-state index contributed by atoms with van der Waals surface area (Å²) in [6.07, 6.45) is 7.80. The molecule has 3 heterocycles. The van der Waals surface area contributed by atoms with Crippen molar-refractivity contribution in [3.63, 3.8) is 0 Å². The van der Waals surface area contributed by atoms with Crippen LogP contribution in [-0.2, 0) is 29.7 Å². The topological polar surface area (TPSA) is 80.1 Å². The van der Waals surface area contributed by atoms with Gasteiger partial charge >= 0.3 is 0 Å². The number of amides is 2. The van der Waals surface area contributed by atoms with E-state index in [1.807, 2.05) is 36.3 Å².